The van der Waals surface area contributed by atoms with Gasteiger partial charge in [0, 0.05) is 48.6 Å². The summed E-state index contributed by atoms with van der Waals surface area (Å²) in [5.74, 6) is 0.695. The standard InChI is InChI=1S/C22H21ClN4O3S/c23-18-7-9-19(10-8-18)25-31(29,30)20-5-3-4-17(16-20)22(28)27-14-12-26(13-15-27)21-6-1-2-11-24-21/h1-11,16,25H,12-15H2. The number of nitrogens with one attached hydrogen (secondary N) is 1. The molecule has 7 nitrogen and oxygen atoms in total. The number of piperazine rings is 1. The highest BCUT2D eigenvalue weighted by atomic mass is 35.5. The number of anilines is 2. The summed E-state index contributed by atoms with van der Waals surface area (Å²) in [6.07, 6.45) is 1.75. The molecule has 3 aromatic rings. The number of hydrogen-bond donors (Lipinski definition) is 1. The maximum Gasteiger partial charge on any atom is 0.261 e. The zero-order valence-electron chi connectivity index (χ0n) is 16.6. The fourth-order valence-corrected chi connectivity index (χ4v) is 4.62. The summed E-state index contributed by atoms with van der Waals surface area (Å²) in [4.78, 5) is 21.2. The third-order valence-electron chi connectivity index (χ3n) is 5.03. The van der Waals surface area contributed by atoms with Crippen LogP contribution < -0.4 is 9.62 Å². The van der Waals surface area contributed by atoms with Crippen LogP contribution in [0.1, 0.15) is 10.4 Å². The molecule has 1 amide bonds. The molecule has 1 aliphatic heterocycles. The third kappa shape index (κ3) is 4.98. The van der Waals surface area contributed by atoms with E-state index in [2.05, 4.69) is 14.6 Å². The molecule has 0 saturated carbocycles. The first-order chi connectivity index (χ1) is 14.9. The number of rotatable bonds is 5. The lowest BCUT2D eigenvalue weighted by Gasteiger charge is -2.35. The molecule has 1 aromatic heterocycles. The van der Waals surface area contributed by atoms with Crippen molar-refractivity contribution < 1.29 is 13.2 Å². The van der Waals surface area contributed by atoms with E-state index in [4.69, 9.17) is 11.6 Å². The SMILES string of the molecule is O=C(c1cccc(S(=O)(=O)Nc2ccc(Cl)cc2)c1)N1CCN(c2ccccn2)CC1. The van der Waals surface area contributed by atoms with E-state index in [1.807, 2.05) is 18.2 Å². The Kier molecular flexibility index (Phi) is 6.11. The predicted molar refractivity (Wildman–Crippen MR) is 121 cm³/mol. The number of carbonyl (C=O) groups is 1. The maximum absolute atomic E-state index is 13.0. The van der Waals surface area contributed by atoms with Gasteiger partial charge < -0.3 is 9.80 Å². The first kappa shape index (κ1) is 21.1. The molecule has 160 valence electrons. The van der Waals surface area contributed by atoms with Gasteiger partial charge in [-0.2, -0.15) is 0 Å². The monoisotopic (exact) mass is 456 g/mol. The summed E-state index contributed by atoms with van der Waals surface area (Å²) in [7, 11) is -3.84. The number of amides is 1. The van der Waals surface area contributed by atoms with Gasteiger partial charge in [-0.1, -0.05) is 23.7 Å². The van der Waals surface area contributed by atoms with E-state index in [0.717, 1.165) is 5.82 Å². The van der Waals surface area contributed by atoms with E-state index in [-0.39, 0.29) is 10.8 Å². The molecule has 0 radical (unpaired) electrons. The van der Waals surface area contributed by atoms with Gasteiger partial charge in [0.1, 0.15) is 5.82 Å². The number of halogens is 1. The van der Waals surface area contributed by atoms with E-state index >= 15 is 0 Å². The molecule has 9 heteroatoms. The summed E-state index contributed by atoms with van der Waals surface area (Å²) in [6.45, 7) is 2.41. The lowest BCUT2D eigenvalue weighted by Crippen LogP contribution is -2.49. The maximum atomic E-state index is 13.0. The van der Waals surface area contributed by atoms with Gasteiger partial charge in [-0.05, 0) is 54.6 Å². The lowest BCUT2D eigenvalue weighted by atomic mass is 10.2. The van der Waals surface area contributed by atoms with E-state index in [1.165, 1.54) is 12.1 Å². The second-order valence-corrected chi connectivity index (χ2v) is 9.23. The lowest BCUT2D eigenvalue weighted by molar-refractivity contribution is 0.0746. The van der Waals surface area contributed by atoms with Gasteiger partial charge in [0.15, 0.2) is 0 Å². The van der Waals surface area contributed by atoms with Gasteiger partial charge >= 0.3 is 0 Å². The minimum Gasteiger partial charge on any atom is -0.353 e. The highest BCUT2D eigenvalue weighted by Crippen LogP contribution is 2.20. The molecule has 0 spiro atoms. The molecule has 2 aromatic carbocycles. The van der Waals surface area contributed by atoms with Crippen LogP contribution in [0.5, 0.6) is 0 Å². The van der Waals surface area contributed by atoms with Gasteiger partial charge in [-0.3, -0.25) is 9.52 Å². The average Bonchev–Trinajstić information content (AvgIpc) is 2.81. The molecule has 0 bridgehead atoms. The van der Waals surface area contributed by atoms with Crippen LogP contribution >= 0.6 is 11.6 Å². The second-order valence-electron chi connectivity index (χ2n) is 7.11. The largest absolute Gasteiger partial charge is 0.353 e. The molecular formula is C22H21ClN4O3S. The first-order valence-electron chi connectivity index (χ1n) is 9.76. The summed E-state index contributed by atoms with van der Waals surface area (Å²) in [5, 5.41) is 0.513. The number of pyridine rings is 1. The van der Waals surface area contributed by atoms with Gasteiger partial charge in [-0.25, -0.2) is 13.4 Å². The number of aromatic nitrogens is 1. The van der Waals surface area contributed by atoms with Crippen LogP contribution in [0, 0.1) is 0 Å². The molecule has 1 aliphatic rings. The molecule has 0 atom stereocenters. The van der Waals surface area contributed by atoms with Gasteiger partial charge in [0.2, 0.25) is 0 Å². The average molecular weight is 457 g/mol. The highest BCUT2D eigenvalue weighted by Gasteiger charge is 2.24. The molecular weight excluding hydrogens is 436 g/mol. The number of benzene rings is 2. The van der Waals surface area contributed by atoms with Crippen molar-refractivity contribution >= 4 is 39.0 Å². The summed E-state index contributed by atoms with van der Waals surface area (Å²) >= 11 is 5.85. The van der Waals surface area contributed by atoms with Crippen molar-refractivity contribution in [3.63, 3.8) is 0 Å². The predicted octanol–water partition coefficient (Wildman–Crippen LogP) is 3.50. The summed E-state index contributed by atoms with van der Waals surface area (Å²) in [6, 6.07) is 18.2. The van der Waals surface area contributed by atoms with Crippen molar-refractivity contribution in [3.8, 4) is 0 Å². The Balaban J connectivity index is 1.45. The minimum atomic E-state index is -3.84. The van der Waals surface area contributed by atoms with E-state index in [1.54, 1.807) is 47.5 Å². The number of sulfonamides is 1. The minimum absolute atomic E-state index is 0.0282. The first-order valence-corrected chi connectivity index (χ1v) is 11.6. The molecule has 0 aliphatic carbocycles. The van der Waals surface area contributed by atoms with Crippen molar-refractivity contribution in [3.05, 3.63) is 83.5 Å². The van der Waals surface area contributed by atoms with E-state index < -0.39 is 10.0 Å². The van der Waals surface area contributed by atoms with Crippen molar-refractivity contribution in [1.29, 1.82) is 0 Å². The van der Waals surface area contributed by atoms with Crippen LogP contribution in [0.25, 0.3) is 0 Å². The smallest absolute Gasteiger partial charge is 0.261 e. The Labute approximate surface area is 186 Å². The van der Waals surface area contributed by atoms with Gasteiger partial charge in [-0.15, -0.1) is 0 Å². The Hall–Kier alpha value is -3.10. The van der Waals surface area contributed by atoms with Crippen molar-refractivity contribution in [2.45, 2.75) is 4.90 Å². The van der Waals surface area contributed by atoms with Crippen LogP contribution in [-0.2, 0) is 10.0 Å². The van der Waals surface area contributed by atoms with Crippen molar-refractivity contribution in [1.82, 2.24) is 9.88 Å². The number of hydrogen-bond acceptors (Lipinski definition) is 5. The molecule has 1 fully saturated rings. The van der Waals surface area contributed by atoms with Crippen LogP contribution in [0.3, 0.4) is 0 Å². The Bertz CT molecular complexity index is 1160. The van der Waals surface area contributed by atoms with Crippen LogP contribution in [0.2, 0.25) is 5.02 Å². The second kappa shape index (κ2) is 8.95. The molecule has 1 saturated heterocycles. The van der Waals surface area contributed by atoms with Crippen LogP contribution in [-0.4, -0.2) is 50.4 Å². The van der Waals surface area contributed by atoms with Crippen LogP contribution in [0.4, 0.5) is 11.5 Å². The third-order valence-corrected chi connectivity index (χ3v) is 6.66. The van der Waals surface area contributed by atoms with Gasteiger partial charge in [0.05, 0.1) is 4.90 Å². The molecule has 4 rings (SSSR count). The van der Waals surface area contributed by atoms with E-state index in [9.17, 15) is 13.2 Å². The summed E-state index contributed by atoms with van der Waals surface area (Å²) < 4.78 is 28.0. The van der Waals surface area contributed by atoms with Crippen LogP contribution in [0.15, 0.2) is 77.8 Å². The fraction of sp³-hybridized carbons (Fsp3) is 0.182. The van der Waals surface area contributed by atoms with E-state index in [0.29, 0.717) is 42.5 Å². The Morgan fingerprint density at radius 2 is 1.68 bits per heavy atom. The summed E-state index contributed by atoms with van der Waals surface area (Å²) in [5.41, 5.74) is 0.733. The van der Waals surface area contributed by atoms with Crippen molar-refractivity contribution in [2.75, 3.05) is 35.8 Å². The highest BCUT2D eigenvalue weighted by molar-refractivity contribution is 7.92. The number of carbonyl (C=O) groups excluding carboxylic acids is 1. The molecule has 2 heterocycles. The van der Waals surface area contributed by atoms with Crippen molar-refractivity contribution in [2.24, 2.45) is 0 Å². The fourth-order valence-electron chi connectivity index (χ4n) is 3.39. The molecule has 1 N–H and O–H groups in total. The topological polar surface area (TPSA) is 82.6 Å². The Morgan fingerprint density at radius 3 is 2.35 bits per heavy atom. The number of nitrogens with zero attached hydrogens (tertiary/aromatic N) is 3. The Morgan fingerprint density at radius 1 is 0.935 bits per heavy atom. The molecule has 31 heavy (non-hydrogen) atoms. The normalized spacial score (nSPS) is 14.4. The molecule has 0 unspecified atom stereocenters. The quantitative estimate of drug-likeness (QED) is 0.635. The zero-order chi connectivity index (χ0) is 21.8. The zero-order valence-corrected chi connectivity index (χ0v) is 18.2. The van der Waals surface area contributed by atoms with Gasteiger partial charge in [0.25, 0.3) is 15.9 Å².